The quantitative estimate of drug-likeness (QED) is 0.487. The van der Waals surface area contributed by atoms with E-state index in [4.69, 9.17) is 11.6 Å². The molecule has 3 aromatic rings. The van der Waals surface area contributed by atoms with Gasteiger partial charge in [-0.25, -0.2) is 8.78 Å². The van der Waals surface area contributed by atoms with Gasteiger partial charge in [0.15, 0.2) is 0 Å². The number of nitrogens with one attached hydrogen (secondary N) is 1. The SMILES string of the molecule is CCn1cc(-c2cccc(C(NC(=O)c3ccccc3Cl)C3(O)CCC(F)(F)CC3)c2)cn1. The third kappa shape index (κ3) is 5.09. The summed E-state index contributed by atoms with van der Waals surface area (Å²) in [4.78, 5) is 13.1. The van der Waals surface area contributed by atoms with Crippen molar-refractivity contribution in [3.05, 3.63) is 77.1 Å². The number of carbonyl (C=O) groups is 1. The molecule has 0 saturated heterocycles. The van der Waals surface area contributed by atoms with E-state index in [-0.39, 0.29) is 23.4 Å². The van der Waals surface area contributed by atoms with Crippen LogP contribution in [0.4, 0.5) is 8.78 Å². The normalized spacial score (nSPS) is 18.0. The molecule has 1 unspecified atom stereocenters. The zero-order valence-corrected chi connectivity index (χ0v) is 19.0. The number of aryl methyl sites for hydroxylation is 1. The number of rotatable bonds is 6. The van der Waals surface area contributed by atoms with Gasteiger partial charge in [0.25, 0.3) is 5.91 Å². The molecule has 0 bridgehead atoms. The van der Waals surface area contributed by atoms with Crippen LogP contribution in [-0.2, 0) is 6.54 Å². The summed E-state index contributed by atoms with van der Waals surface area (Å²) in [5.74, 6) is -3.29. The Morgan fingerprint density at radius 3 is 2.55 bits per heavy atom. The van der Waals surface area contributed by atoms with E-state index in [1.54, 1.807) is 41.2 Å². The summed E-state index contributed by atoms with van der Waals surface area (Å²) in [5.41, 5.74) is 1.11. The monoisotopic (exact) mass is 473 g/mol. The lowest BCUT2D eigenvalue weighted by Crippen LogP contribution is -2.50. The van der Waals surface area contributed by atoms with Crippen LogP contribution in [0.5, 0.6) is 0 Å². The molecule has 1 fully saturated rings. The number of aromatic nitrogens is 2. The van der Waals surface area contributed by atoms with Gasteiger partial charge in [0.1, 0.15) is 0 Å². The summed E-state index contributed by atoms with van der Waals surface area (Å²) in [5, 5.41) is 18.9. The van der Waals surface area contributed by atoms with Crippen LogP contribution in [0.1, 0.15) is 54.6 Å². The summed E-state index contributed by atoms with van der Waals surface area (Å²) in [6.45, 7) is 2.71. The van der Waals surface area contributed by atoms with Crippen LogP contribution in [0.25, 0.3) is 11.1 Å². The smallest absolute Gasteiger partial charge is 0.253 e. The Morgan fingerprint density at radius 1 is 1.15 bits per heavy atom. The number of halogens is 3. The number of benzene rings is 2. The van der Waals surface area contributed by atoms with E-state index in [1.165, 1.54) is 0 Å². The van der Waals surface area contributed by atoms with E-state index in [9.17, 15) is 18.7 Å². The van der Waals surface area contributed by atoms with Gasteiger partial charge in [-0.2, -0.15) is 5.10 Å². The van der Waals surface area contributed by atoms with Gasteiger partial charge in [-0.15, -0.1) is 0 Å². The zero-order valence-electron chi connectivity index (χ0n) is 18.3. The number of amides is 1. The maximum absolute atomic E-state index is 13.9. The third-order valence-corrected chi connectivity index (χ3v) is 6.62. The van der Waals surface area contributed by atoms with Crippen LogP contribution in [0, 0.1) is 0 Å². The van der Waals surface area contributed by atoms with Gasteiger partial charge in [0.2, 0.25) is 5.92 Å². The highest BCUT2D eigenvalue weighted by atomic mass is 35.5. The molecule has 174 valence electrons. The summed E-state index contributed by atoms with van der Waals surface area (Å²) in [6.07, 6.45) is 2.51. The number of hydrogen-bond donors (Lipinski definition) is 2. The van der Waals surface area contributed by atoms with Gasteiger partial charge in [-0.05, 0) is 49.1 Å². The van der Waals surface area contributed by atoms with Crippen molar-refractivity contribution in [1.29, 1.82) is 0 Å². The number of carbonyl (C=O) groups excluding carboxylic acids is 1. The second-order valence-corrected chi connectivity index (χ2v) is 8.96. The van der Waals surface area contributed by atoms with Crippen molar-refractivity contribution in [1.82, 2.24) is 15.1 Å². The van der Waals surface area contributed by atoms with Crippen LogP contribution < -0.4 is 5.32 Å². The number of nitrogens with zero attached hydrogens (tertiary/aromatic N) is 2. The summed E-state index contributed by atoms with van der Waals surface area (Å²) in [6, 6.07) is 13.1. The van der Waals surface area contributed by atoms with Gasteiger partial charge in [0.05, 0.1) is 28.4 Å². The number of hydrogen-bond acceptors (Lipinski definition) is 3. The number of aliphatic hydroxyl groups is 1. The molecule has 5 nitrogen and oxygen atoms in total. The summed E-state index contributed by atoms with van der Waals surface area (Å²) in [7, 11) is 0. The van der Waals surface area contributed by atoms with Gasteiger partial charge >= 0.3 is 0 Å². The predicted octanol–water partition coefficient (Wildman–Crippen LogP) is 5.63. The van der Waals surface area contributed by atoms with Crippen molar-refractivity contribution in [2.75, 3.05) is 0 Å². The van der Waals surface area contributed by atoms with Crippen LogP contribution in [-0.4, -0.2) is 32.3 Å². The van der Waals surface area contributed by atoms with Crippen LogP contribution >= 0.6 is 11.6 Å². The molecule has 0 aliphatic heterocycles. The molecule has 1 aliphatic carbocycles. The summed E-state index contributed by atoms with van der Waals surface area (Å²) >= 11 is 6.20. The Labute approximate surface area is 196 Å². The first kappa shape index (κ1) is 23.4. The average molecular weight is 474 g/mol. The lowest BCUT2D eigenvalue weighted by atomic mass is 9.75. The highest BCUT2D eigenvalue weighted by molar-refractivity contribution is 6.33. The molecule has 2 N–H and O–H groups in total. The van der Waals surface area contributed by atoms with Crippen molar-refractivity contribution >= 4 is 17.5 Å². The van der Waals surface area contributed by atoms with E-state index in [0.29, 0.717) is 5.56 Å². The Kier molecular flexibility index (Phi) is 6.54. The highest BCUT2D eigenvalue weighted by Gasteiger charge is 2.47. The Morgan fingerprint density at radius 2 is 1.88 bits per heavy atom. The maximum Gasteiger partial charge on any atom is 0.253 e. The molecule has 8 heteroatoms. The van der Waals surface area contributed by atoms with E-state index >= 15 is 0 Å². The Bertz CT molecular complexity index is 1140. The predicted molar refractivity (Wildman–Crippen MR) is 123 cm³/mol. The van der Waals surface area contributed by atoms with Crippen LogP contribution in [0.15, 0.2) is 60.9 Å². The molecular weight excluding hydrogens is 448 g/mol. The molecule has 1 aromatic heterocycles. The van der Waals surface area contributed by atoms with Crippen molar-refractivity contribution < 1.29 is 18.7 Å². The topological polar surface area (TPSA) is 67.2 Å². The molecule has 0 radical (unpaired) electrons. The molecule has 1 saturated carbocycles. The molecule has 0 spiro atoms. The van der Waals surface area contributed by atoms with E-state index in [0.717, 1.165) is 17.7 Å². The lowest BCUT2D eigenvalue weighted by molar-refractivity contribution is -0.116. The molecule has 4 rings (SSSR count). The lowest BCUT2D eigenvalue weighted by Gasteiger charge is -2.42. The largest absolute Gasteiger partial charge is 0.387 e. The Hall–Kier alpha value is -2.77. The van der Waals surface area contributed by atoms with E-state index < -0.39 is 36.3 Å². The summed E-state index contributed by atoms with van der Waals surface area (Å²) < 4.78 is 29.6. The third-order valence-electron chi connectivity index (χ3n) is 6.29. The number of alkyl halides is 2. The minimum atomic E-state index is -2.82. The minimum Gasteiger partial charge on any atom is -0.387 e. The van der Waals surface area contributed by atoms with E-state index in [2.05, 4.69) is 10.4 Å². The molecule has 1 aliphatic rings. The maximum atomic E-state index is 13.9. The molecule has 2 aromatic carbocycles. The first-order valence-electron chi connectivity index (χ1n) is 11.0. The molecule has 1 amide bonds. The molecule has 1 atom stereocenters. The van der Waals surface area contributed by atoms with Crippen LogP contribution in [0.3, 0.4) is 0 Å². The van der Waals surface area contributed by atoms with Gasteiger partial charge in [0, 0.05) is 31.1 Å². The van der Waals surface area contributed by atoms with Crippen LogP contribution in [0.2, 0.25) is 5.02 Å². The molecule has 1 heterocycles. The van der Waals surface area contributed by atoms with Crippen molar-refractivity contribution in [2.24, 2.45) is 0 Å². The molecule has 33 heavy (non-hydrogen) atoms. The van der Waals surface area contributed by atoms with E-state index in [1.807, 2.05) is 31.3 Å². The molecular formula is C25H26ClF2N3O2. The standard InChI is InChI=1S/C25H26ClF2N3O2/c1-2-31-16-19(15-29-31)17-6-5-7-18(14-17)22(24(33)10-12-25(27,28)13-11-24)30-23(32)20-8-3-4-9-21(20)26/h3-9,14-16,22,33H,2,10-13H2,1H3,(H,30,32). The first-order chi connectivity index (χ1) is 15.7. The van der Waals surface area contributed by atoms with Gasteiger partial charge in [-0.1, -0.05) is 41.9 Å². The van der Waals surface area contributed by atoms with Crippen molar-refractivity contribution in [2.45, 2.75) is 56.7 Å². The Balaban J connectivity index is 1.70. The fraction of sp³-hybridized carbons (Fsp3) is 0.360. The highest BCUT2D eigenvalue weighted by Crippen LogP contribution is 2.45. The van der Waals surface area contributed by atoms with Crippen molar-refractivity contribution in [3.63, 3.8) is 0 Å². The average Bonchev–Trinajstić information content (AvgIpc) is 3.29. The zero-order chi connectivity index (χ0) is 23.6. The van der Waals surface area contributed by atoms with Gasteiger partial charge in [-0.3, -0.25) is 9.48 Å². The fourth-order valence-electron chi connectivity index (χ4n) is 4.30. The minimum absolute atomic E-state index is 0.133. The second-order valence-electron chi connectivity index (χ2n) is 8.56. The van der Waals surface area contributed by atoms with Crippen molar-refractivity contribution in [3.8, 4) is 11.1 Å². The first-order valence-corrected chi connectivity index (χ1v) is 11.4. The fourth-order valence-corrected chi connectivity index (χ4v) is 4.52. The van der Waals surface area contributed by atoms with Gasteiger partial charge < -0.3 is 10.4 Å². The second kappa shape index (κ2) is 9.23.